The molecule has 0 N–H and O–H groups in total. The SMILES string of the molecule is O=C(c1ccc(Cl)cc1)N(Cc1ccc([N+](=O)[O-])cc1)N1C(=O)[C@@H]2C[C@H](Br)[C@@H](Br)C[C@H]2C1=O. The van der Waals surface area contributed by atoms with Crippen LogP contribution in [0.3, 0.4) is 0 Å². The first kappa shape index (κ1) is 23.8. The monoisotopic (exact) mass is 597 g/mol. The van der Waals surface area contributed by atoms with E-state index in [2.05, 4.69) is 31.9 Å². The normalized spacial score (nSPS) is 24.5. The van der Waals surface area contributed by atoms with Crippen molar-refractivity contribution in [3.05, 3.63) is 74.8 Å². The van der Waals surface area contributed by atoms with Crippen molar-refractivity contribution >= 4 is 66.9 Å². The Morgan fingerprint density at radius 3 is 2.00 bits per heavy atom. The first-order valence-electron chi connectivity index (χ1n) is 10.1. The Morgan fingerprint density at radius 1 is 1.00 bits per heavy atom. The Labute approximate surface area is 211 Å². The molecule has 11 heteroatoms. The molecule has 0 bridgehead atoms. The molecule has 4 atom stereocenters. The molecule has 172 valence electrons. The van der Waals surface area contributed by atoms with Crippen LogP contribution < -0.4 is 0 Å². The van der Waals surface area contributed by atoms with E-state index in [9.17, 15) is 24.5 Å². The molecule has 1 aliphatic carbocycles. The maximum atomic E-state index is 13.5. The van der Waals surface area contributed by atoms with Crippen LogP contribution in [0.25, 0.3) is 0 Å². The van der Waals surface area contributed by atoms with Gasteiger partial charge in [-0.1, -0.05) is 55.6 Å². The topological polar surface area (TPSA) is 101 Å². The number of hydrogen-bond donors (Lipinski definition) is 0. The van der Waals surface area contributed by atoms with Gasteiger partial charge in [-0.3, -0.25) is 24.5 Å². The lowest BCUT2D eigenvalue weighted by molar-refractivity contribution is -0.384. The van der Waals surface area contributed by atoms with Crippen LogP contribution in [0.15, 0.2) is 48.5 Å². The van der Waals surface area contributed by atoms with E-state index >= 15 is 0 Å². The van der Waals surface area contributed by atoms with Crippen LogP contribution in [-0.4, -0.2) is 42.3 Å². The highest BCUT2D eigenvalue weighted by molar-refractivity contribution is 9.12. The molecule has 2 fully saturated rings. The summed E-state index contributed by atoms with van der Waals surface area (Å²) in [5, 5.41) is 13.5. The highest BCUT2D eigenvalue weighted by Gasteiger charge is 2.54. The van der Waals surface area contributed by atoms with Crippen LogP contribution in [0.5, 0.6) is 0 Å². The molecule has 1 saturated carbocycles. The van der Waals surface area contributed by atoms with Crippen molar-refractivity contribution in [2.24, 2.45) is 11.8 Å². The molecule has 2 aromatic rings. The van der Waals surface area contributed by atoms with Gasteiger partial charge in [0.2, 0.25) is 0 Å². The minimum Gasteiger partial charge on any atom is -0.272 e. The van der Waals surface area contributed by atoms with Crippen molar-refractivity contribution in [1.29, 1.82) is 0 Å². The average Bonchev–Trinajstić information content (AvgIpc) is 3.02. The van der Waals surface area contributed by atoms with Crippen LogP contribution in [0, 0.1) is 22.0 Å². The van der Waals surface area contributed by atoms with Gasteiger partial charge in [-0.05, 0) is 42.7 Å². The highest BCUT2D eigenvalue weighted by atomic mass is 79.9. The summed E-state index contributed by atoms with van der Waals surface area (Å²) in [6.07, 6.45) is 0.949. The number of amides is 3. The third-order valence-electron chi connectivity index (χ3n) is 5.93. The minimum atomic E-state index is -0.545. The average molecular weight is 600 g/mol. The number of rotatable bonds is 5. The summed E-state index contributed by atoms with van der Waals surface area (Å²) in [6, 6.07) is 11.8. The van der Waals surface area contributed by atoms with Crippen molar-refractivity contribution < 1.29 is 19.3 Å². The van der Waals surface area contributed by atoms with Gasteiger partial charge in [0.25, 0.3) is 23.4 Å². The third kappa shape index (κ3) is 4.69. The molecular formula is C22H18Br2ClN3O5. The van der Waals surface area contributed by atoms with Crippen LogP contribution in [0.4, 0.5) is 5.69 Å². The number of fused-ring (bicyclic) bond motifs is 1. The maximum Gasteiger partial charge on any atom is 0.273 e. The molecule has 1 aliphatic heterocycles. The first-order chi connectivity index (χ1) is 15.7. The number of nitro groups is 1. The fraction of sp³-hybridized carbons (Fsp3) is 0.318. The molecule has 8 nitrogen and oxygen atoms in total. The summed E-state index contributed by atoms with van der Waals surface area (Å²) in [6.45, 7) is -0.105. The van der Waals surface area contributed by atoms with Crippen molar-refractivity contribution in [3.8, 4) is 0 Å². The van der Waals surface area contributed by atoms with Gasteiger partial charge >= 0.3 is 0 Å². The Balaban J connectivity index is 1.69. The van der Waals surface area contributed by atoms with Gasteiger partial charge in [-0.15, -0.1) is 0 Å². The molecule has 0 unspecified atom stereocenters. The van der Waals surface area contributed by atoms with Gasteiger partial charge in [-0.25, -0.2) is 5.01 Å². The molecule has 0 aromatic heterocycles. The van der Waals surface area contributed by atoms with E-state index in [0.29, 0.717) is 23.4 Å². The number of hydrazine groups is 1. The summed E-state index contributed by atoms with van der Waals surface area (Å²) < 4.78 is 0. The standard InChI is InChI=1S/C22H18Br2ClN3O5/c23-18-9-16-17(10-19(18)24)22(31)27(21(16)30)26(20(29)13-3-5-14(25)6-4-13)11-12-1-7-15(8-2-12)28(32)33/h1-8,16-19H,9-11H2/t16-,17-,18+,19+/m1/s1. The lowest BCUT2D eigenvalue weighted by Gasteiger charge is -2.30. The molecule has 33 heavy (non-hydrogen) atoms. The summed E-state index contributed by atoms with van der Waals surface area (Å²) in [7, 11) is 0. The minimum absolute atomic E-state index is 0.0329. The van der Waals surface area contributed by atoms with Gasteiger partial charge < -0.3 is 0 Å². The summed E-state index contributed by atoms with van der Waals surface area (Å²) in [5.41, 5.74) is 0.698. The molecule has 1 saturated heterocycles. The number of imide groups is 1. The number of halogens is 3. The van der Waals surface area contributed by atoms with Gasteiger partial charge in [0, 0.05) is 32.4 Å². The Hall–Kier alpha value is -2.30. The van der Waals surface area contributed by atoms with Crippen molar-refractivity contribution in [3.63, 3.8) is 0 Å². The second kappa shape index (κ2) is 9.52. The van der Waals surface area contributed by atoms with E-state index in [0.717, 1.165) is 10.0 Å². The smallest absolute Gasteiger partial charge is 0.272 e. The van der Waals surface area contributed by atoms with E-state index in [1.807, 2.05) is 0 Å². The summed E-state index contributed by atoms with van der Waals surface area (Å²) in [5.74, 6) is -2.42. The number of non-ortho nitro benzene ring substituents is 1. The zero-order chi connectivity index (χ0) is 23.9. The number of carbonyl (C=O) groups excluding carboxylic acids is 3. The maximum absolute atomic E-state index is 13.5. The fourth-order valence-electron chi connectivity index (χ4n) is 4.19. The van der Waals surface area contributed by atoms with Gasteiger partial charge in [-0.2, -0.15) is 5.01 Å². The number of alkyl halides is 2. The lowest BCUT2D eigenvalue weighted by Crippen LogP contribution is -2.49. The van der Waals surface area contributed by atoms with E-state index in [-0.39, 0.29) is 27.4 Å². The number of nitro benzene ring substituents is 1. The van der Waals surface area contributed by atoms with E-state index < -0.39 is 34.5 Å². The quantitative estimate of drug-likeness (QED) is 0.214. The second-order valence-electron chi connectivity index (χ2n) is 8.00. The van der Waals surface area contributed by atoms with E-state index in [1.54, 1.807) is 12.1 Å². The highest BCUT2D eigenvalue weighted by Crippen LogP contribution is 2.44. The molecule has 3 amide bonds. The number of benzene rings is 2. The second-order valence-corrected chi connectivity index (χ2v) is 10.8. The van der Waals surface area contributed by atoms with Gasteiger partial charge in [0.1, 0.15) is 0 Å². The zero-order valence-electron chi connectivity index (χ0n) is 17.1. The molecule has 1 heterocycles. The Morgan fingerprint density at radius 2 is 1.52 bits per heavy atom. The molecule has 0 spiro atoms. The van der Waals surface area contributed by atoms with E-state index in [1.165, 1.54) is 36.4 Å². The number of nitrogens with zero attached hydrogens (tertiary/aromatic N) is 3. The molecule has 4 rings (SSSR count). The largest absolute Gasteiger partial charge is 0.273 e. The number of hydrogen-bond acceptors (Lipinski definition) is 5. The predicted molar refractivity (Wildman–Crippen MR) is 128 cm³/mol. The molecule has 0 radical (unpaired) electrons. The Bertz CT molecular complexity index is 1080. The van der Waals surface area contributed by atoms with Gasteiger partial charge in [0.15, 0.2) is 0 Å². The fourth-order valence-corrected chi connectivity index (χ4v) is 5.55. The molecule has 2 aromatic carbocycles. The first-order valence-corrected chi connectivity index (χ1v) is 12.3. The van der Waals surface area contributed by atoms with Crippen LogP contribution in [0.2, 0.25) is 5.02 Å². The predicted octanol–water partition coefficient (Wildman–Crippen LogP) is 4.73. The number of carbonyl (C=O) groups is 3. The van der Waals surface area contributed by atoms with Gasteiger partial charge in [0.05, 0.1) is 23.3 Å². The van der Waals surface area contributed by atoms with Crippen molar-refractivity contribution in [2.45, 2.75) is 29.0 Å². The van der Waals surface area contributed by atoms with Crippen molar-refractivity contribution in [1.82, 2.24) is 10.0 Å². The van der Waals surface area contributed by atoms with E-state index in [4.69, 9.17) is 11.6 Å². The van der Waals surface area contributed by atoms with Crippen molar-refractivity contribution in [2.75, 3.05) is 0 Å². The Kier molecular flexibility index (Phi) is 6.88. The van der Waals surface area contributed by atoms with Crippen LogP contribution in [0.1, 0.15) is 28.8 Å². The molecular weight excluding hydrogens is 582 g/mol. The summed E-state index contributed by atoms with van der Waals surface area (Å²) in [4.78, 5) is 50.6. The zero-order valence-corrected chi connectivity index (χ0v) is 21.0. The van der Waals surface area contributed by atoms with Crippen LogP contribution in [-0.2, 0) is 16.1 Å². The van der Waals surface area contributed by atoms with Crippen LogP contribution >= 0.6 is 43.5 Å². The lowest BCUT2D eigenvalue weighted by atomic mass is 9.81. The third-order valence-corrected chi connectivity index (χ3v) is 8.92. The molecule has 2 aliphatic rings. The summed E-state index contributed by atoms with van der Waals surface area (Å²) >= 11 is 13.1.